The Morgan fingerprint density at radius 3 is 2.09 bits per heavy atom. The van der Waals surface area contributed by atoms with Crippen molar-refractivity contribution >= 4 is 11.9 Å². The van der Waals surface area contributed by atoms with Gasteiger partial charge >= 0.3 is 11.9 Å². The fourth-order valence-electron chi connectivity index (χ4n) is 4.42. The molecule has 1 aromatic carbocycles. The van der Waals surface area contributed by atoms with Crippen LogP contribution in [0.25, 0.3) is 0 Å². The minimum Gasteiger partial charge on any atom is -0.497 e. The van der Waals surface area contributed by atoms with Crippen LogP contribution in [0, 0.1) is 23.2 Å². The molecular weight excluding hydrogens is 428 g/mol. The van der Waals surface area contributed by atoms with Crippen LogP contribution in [0.3, 0.4) is 0 Å². The van der Waals surface area contributed by atoms with Crippen LogP contribution in [-0.4, -0.2) is 32.3 Å². The molecule has 34 heavy (non-hydrogen) atoms. The van der Waals surface area contributed by atoms with Crippen molar-refractivity contribution < 1.29 is 23.8 Å². The van der Waals surface area contributed by atoms with Gasteiger partial charge in [0.25, 0.3) is 0 Å². The summed E-state index contributed by atoms with van der Waals surface area (Å²) in [6, 6.07) is 7.39. The molecule has 0 heterocycles. The third-order valence-electron chi connectivity index (χ3n) is 6.36. The summed E-state index contributed by atoms with van der Waals surface area (Å²) in [6.45, 7) is 3.91. The van der Waals surface area contributed by atoms with E-state index in [1.807, 2.05) is 30.3 Å². The molecule has 5 nitrogen and oxygen atoms in total. The van der Waals surface area contributed by atoms with Gasteiger partial charge in [-0.05, 0) is 57.4 Å². The van der Waals surface area contributed by atoms with Crippen LogP contribution in [0.2, 0.25) is 0 Å². The van der Waals surface area contributed by atoms with Crippen LogP contribution >= 0.6 is 0 Å². The molecule has 1 aromatic rings. The largest absolute Gasteiger partial charge is 0.497 e. The first-order chi connectivity index (χ1) is 16.6. The molecule has 0 N–H and O–H groups in total. The zero-order valence-electron chi connectivity index (χ0n) is 21.1. The highest BCUT2D eigenvalue weighted by atomic mass is 16.6. The average Bonchev–Trinajstić information content (AvgIpc) is 2.83. The number of methoxy groups -OCH3 is 1. The number of allylic oxidation sites excluding steroid dienone is 2. The third-order valence-corrected chi connectivity index (χ3v) is 6.36. The predicted octanol–water partition coefficient (Wildman–Crippen LogP) is 6.25. The predicted molar refractivity (Wildman–Crippen MR) is 134 cm³/mol. The lowest BCUT2D eigenvalue weighted by Gasteiger charge is -2.34. The van der Waals surface area contributed by atoms with Gasteiger partial charge in [0.1, 0.15) is 5.75 Å². The number of esters is 2. The maximum Gasteiger partial charge on any atom is 0.325 e. The van der Waals surface area contributed by atoms with Crippen LogP contribution in [0.4, 0.5) is 0 Å². The van der Waals surface area contributed by atoms with Crippen LogP contribution < -0.4 is 4.74 Å². The second-order valence-corrected chi connectivity index (χ2v) is 8.71. The summed E-state index contributed by atoms with van der Waals surface area (Å²) in [5, 5.41) is 0. The first kappa shape index (κ1) is 27.5. The van der Waals surface area contributed by atoms with Crippen molar-refractivity contribution in [1.82, 2.24) is 0 Å². The lowest BCUT2D eigenvalue weighted by molar-refractivity contribution is -0.175. The number of carbonyl (C=O) groups is 2. The maximum absolute atomic E-state index is 13.4. The molecule has 0 fully saturated rings. The van der Waals surface area contributed by atoms with E-state index in [4.69, 9.17) is 14.2 Å². The van der Waals surface area contributed by atoms with Gasteiger partial charge in [-0.25, -0.2) is 0 Å². The second kappa shape index (κ2) is 15.2. The van der Waals surface area contributed by atoms with Gasteiger partial charge < -0.3 is 14.2 Å². The fourth-order valence-corrected chi connectivity index (χ4v) is 4.42. The van der Waals surface area contributed by atoms with Gasteiger partial charge in [0.05, 0.1) is 20.3 Å². The molecule has 1 unspecified atom stereocenters. The van der Waals surface area contributed by atoms with Crippen LogP contribution in [0.1, 0.15) is 83.6 Å². The summed E-state index contributed by atoms with van der Waals surface area (Å²) in [5.74, 6) is 5.56. The normalized spacial score (nSPS) is 18.3. The standard InChI is InChI=1S/C29H40O5/c1-4-33-27(30)29(28(31)34-5-2,23-15-16-24-19-21-26(32-3)22-20-24)25-17-13-11-9-7-6-8-10-12-14-18-25/h13,17,19-22,25H,4-12,14,18,23H2,1-3H3/b17-13-. The van der Waals surface area contributed by atoms with Crippen LogP contribution in [-0.2, 0) is 19.1 Å². The summed E-state index contributed by atoms with van der Waals surface area (Å²) in [5.41, 5.74) is -0.691. The first-order valence-electron chi connectivity index (χ1n) is 12.7. The van der Waals surface area contributed by atoms with Crippen LogP contribution in [0.5, 0.6) is 5.75 Å². The van der Waals surface area contributed by atoms with Gasteiger partial charge in [-0.3, -0.25) is 9.59 Å². The van der Waals surface area contributed by atoms with E-state index in [0.29, 0.717) is 0 Å². The minimum absolute atomic E-state index is 0.0473. The van der Waals surface area contributed by atoms with E-state index < -0.39 is 17.4 Å². The lowest BCUT2D eigenvalue weighted by Crippen LogP contribution is -2.47. The summed E-state index contributed by atoms with van der Waals surface area (Å²) in [7, 11) is 1.62. The van der Waals surface area contributed by atoms with Crippen molar-refractivity contribution in [3.8, 4) is 17.6 Å². The van der Waals surface area contributed by atoms with Crippen molar-refractivity contribution in [2.45, 2.75) is 78.1 Å². The van der Waals surface area contributed by atoms with Gasteiger partial charge in [0.2, 0.25) is 0 Å². The highest BCUT2D eigenvalue weighted by molar-refractivity contribution is 6.01. The molecule has 1 aliphatic rings. The van der Waals surface area contributed by atoms with Gasteiger partial charge in [-0.15, -0.1) is 0 Å². The first-order valence-corrected chi connectivity index (χ1v) is 12.7. The van der Waals surface area contributed by atoms with E-state index in [9.17, 15) is 9.59 Å². The van der Waals surface area contributed by atoms with E-state index >= 15 is 0 Å². The molecule has 0 spiro atoms. The molecule has 0 aliphatic heterocycles. The zero-order chi connectivity index (χ0) is 24.7. The van der Waals surface area contributed by atoms with Crippen molar-refractivity contribution in [2.24, 2.45) is 11.3 Å². The Bertz CT molecular complexity index is 826. The molecule has 0 saturated heterocycles. The summed E-state index contributed by atoms with van der Waals surface area (Å²) in [6.07, 6.45) is 13.9. The number of carbonyl (C=O) groups excluding carboxylic acids is 2. The monoisotopic (exact) mass is 468 g/mol. The molecule has 1 atom stereocenters. The van der Waals surface area contributed by atoms with Crippen LogP contribution in [0.15, 0.2) is 36.4 Å². The SMILES string of the molecule is CCOC(=O)C(CC#Cc1ccc(OC)cc1)(C(=O)OCC)C1/C=C\CCCCCCCCC1. The molecule has 2 rings (SSSR count). The number of benzene rings is 1. The average molecular weight is 469 g/mol. The third kappa shape index (κ3) is 7.94. The Kier molecular flexibility index (Phi) is 12.3. The topological polar surface area (TPSA) is 61.8 Å². The van der Waals surface area contributed by atoms with Crippen molar-refractivity contribution in [3.05, 3.63) is 42.0 Å². The van der Waals surface area contributed by atoms with E-state index in [2.05, 4.69) is 17.9 Å². The molecule has 1 aliphatic carbocycles. The smallest absolute Gasteiger partial charge is 0.325 e. The van der Waals surface area contributed by atoms with E-state index in [1.54, 1.807) is 21.0 Å². The highest BCUT2D eigenvalue weighted by Gasteiger charge is 2.53. The Hall–Kier alpha value is -2.74. The lowest BCUT2D eigenvalue weighted by atomic mass is 9.70. The van der Waals surface area contributed by atoms with E-state index in [1.165, 1.54) is 25.7 Å². The summed E-state index contributed by atoms with van der Waals surface area (Å²) in [4.78, 5) is 26.9. The summed E-state index contributed by atoms with van der Waals surface area (Å²) >= 11 is 0. The van der Waals surface area contributed by atoms with Crippen molar-refractivity contribution in [2.75, 3.05) is 20.3 Å². The molecule has 0 bridgehead atoms. The number of hydrogen-bond donors (Lipinski definition) is 0. The molecular formula is C29H40O5. The molecule has 0 aromatic heterocycles. The molecule has 5 heteroatoms. The molecule has 0 amide bonds. The van der Waals surface area contributed by atoms with Gasteiger partial charge in [-0.1, -0.05) is 62.5 Å². The zero-order valence-corrected chi connectivity index (χ0v) is 21.1. The number of hydrogen-bond acceptors (Lipinski definition) is 5. The van der Waals surface area contributed by atoms with Crippen molar-refractivity contribution in [1.29, 1.82) is 0 Å². The van der Waals surface area contributed by atoms with Crippen molar-refractivity contribution in [3.63, 3.8) is 0 Å². The van der Waals surface area contributed by atoms with Gasteiger partial charge in [0.15, 0.2) is 5.41 Å². The van der Waals surface area contributed by atoms with Gasteiger partial charge in [0, 0.05) is 17.9 Å². The number of ether oxygens (including phenoxy) is 3. The fraction of sp³-hybridized carbons (Fsp3) is 0.586. The van der Waals surface area contributed by atoms with Gasteiger partial charge in [-0.2, -0.15) is 0 Å². The Morgan fingerprint density at radius 2 is 1.50 bits per heavy atom. The van der Waals surface area contributed by atoms with E-state index in [0.717, 1.165) is 43.4 Å². The highest BCUT2D eigenvalue weighted by Crippen LogP contribution is 2.40. The molecule has 186 valence electrons. The summed E-state index contributed by atoms with van der Waals surface area (Å²) < 4.78 is 16.2. The Balaban J connectivity index is 2.44. The quantitative estimate of drug-likeness (QED) is 0.205. The minimum atomic E-state index is -1.48. The second-order valence-electron chi connectivity index (χ2n) is 8.71. The Morgan fingerprint density at radius 1 is 0.912 bits per heavy atom. The molecule has 0 radical (unpaired) electrons. The van der Waals surface area contributed by atoms with E-state index in [-0.39, 0.29) is 25.6 Å². The number of rotatable bonds is 7. The maximum atomic E-state index is 13.4. The molecule has 0 saturated carbocycles. The Labute approximate surface area is 205 Å².